The third-order valence-electron chi connectivity index (χ3n) is 6.07. The molecule has 1 unspecified atom stereocenters. The quantitative estimate of drug-likeness (QED) is 0.424. The van der Waals surface area contributed by atoms with Gasteiger partial charge in [0.15, 0.2) is 5.82 Å². The highest BCUT2D eigenvalue weighted by Crippen LogP contribution is 2.39. The van der Waals surface area contributed by atoms with Gasteiger partial charge in [-0.25, -0.2) is 8.78 Å². The first-order valence-corrected chi connectivity index (χ1v) is 10.9. The minimum absolute atomic E-state index is 0.0479. The van der Waals surface area contributed by atoms with Crippen molar-refractivity contribution in [2.75, 3.05) is 11.5 Å². The van der Waals surface area contributed by atoms with Crippen molar-refractivity contribution < 1.29 is 8.78 Å². The zero-order chi connectivity index (χ0) is 25.0. The number of nitrogens with zero attached hydrogens (tertiary/aromatic N) is 2. The molecule has 0 amide bonds. The SMILES string of the molecule is C=C(CC)c1cc(C#N)c(F)c(C(=C)CCC(C)c2cc(C#N)c(F)c(C(C)C)c2N)c1N. The van der Waals surface area contributed by atoms with Crippen LogP contribution >= 0.6 is 0 Å². The van der Waals surface area contributed by atoms with E-state index in [1.807, 2.05) is 39.8 Å². The molecule has 0 saturated carbocycles. The summed E-state index contributed by atoms with van der Waals surface area (Å²) in [6.45, 7) is 15.5. The number of anilines is 2. The zero-order valence-corrected chi connectivity index (χ0v) is 19.6. The van der Waals surface area contributed by atoms with Gasteiger partial charge >= 0.3 is 0 Å². The van der Waals surface area contributed by atoms with E-state index in [0.717, 1.165) is 0 Å². The summed E-state index contributed by atoms with van der Waals surface area (Å²) >= 11 is 0. The molecule has 0 aromatic heterocycles. The van der Waals surface area contributed by atoms with Gasteiger partial charge in [-0.2, -0.15) is 10.5 Å². The Bertz CT molecular complexity index is 1200. The fourth-order valence-electron chi connectivity index (χ4n) is 4.02. The molecule has 6 heteroatoms. The Hall–Kier alpha value is -3.64. The molecule has 0 heterocycles. The summed E-state index contributed by atoms with van der Waals surface area (Å²) in [6, 6.07) is 6.68. The van der Waals surface area contributed by atoms with Crippen LogP contribution in [-0.2, 0) is 0 Å². The van der Waals surface area contributed by atoms with Crippen LogP contribution in [0.15, 0.2) is 25.3 Å². The predicted molar refractivity (Wildman–Crippen MR) is 131 cm³/mol. The average molecular weight is 449 g/mol. The molecule has 33 heavy (non-hydrogen) atoms. The minimum Gasteiger partial charge on any atom is -0.398 e. The fraction of sp³-hybridized carbons (Fsp3) is 0.333. The highest BCUT2D eigenvalue weighted by molar-refractivity contribution is 5.85. The van der Waals surface area contributed by atoms with Crippen LogP contribution < -0.4 is 11.5 Å². The van der Waals surface area contributed by atoms with Crippen molar-refractivity contribution in [3.05, 3.63) is 70.3 Å². The van der Waals surface area contributed by atoms with Crippen LogP contribution in [-0.4, -0.2) is 0 Å². The van der Waals surface area contributed by atoms with E-state index >= 15 is 4.39 Å². The lowest BCUT2D eigenvalue weighted by atomic mass is 9.85. The number of hydrogen-bond acceptors (Lipinski definition) is 4. The highest BCUT2D eigenvalue weighted by Gasteiger charge is 2.23. The molecule has 0 bridgehead atoms. The molecular formula is C27H30F2N4. The van der Waals surface area contributed by atoms with Crippen molar-refractivity contribution in [2.24, 2.45) is 0 Å². The van der Waals surface area contributed by atoms with Gasteiger partial charge in [0, 0.05) is 28.1 Å². The summed E-state index contributed by atoms with van der Waals surface area (Å²) in [7, 11) is 0. The van der Waals surface area contributed by atoms with E-state index in [2.05, 4.69) is 13.2 Å². The van der Waals surface area contributed by atoms with E-state index < -0.39 is 11.6 Å². The Balaban J connectivity index is 2.42. The smallest absolute Gasteiger partial charge is 0.150 e. The number of halogens is 2. The number of hydrogen-bond donors (Lipinski definition) is 2. The standard InChI is InChI=1S/C27H30F2N4/c1-7-15(4)20-10-19(13-31)25(29)23(27(20)33)17(6)9-8-16(5)21-11-18(12-30)24(28)22(14(2)3)26(21)32/h10-11,14,16H,4,6-9,32-33H2,1-3,5H3. The molecule has 0 aliphatic heterocycles. The predicted octanol–water partition coefficient (Wildman–Crippen LogP) is 7.02. The molecule has 0 aliphatic carbocycles. The van der Waals surface area contributed by atoms with Crippen molar-refractivity contribution in [2.45, 2.75) is 58.8 Å². The maximum atomic E-state index is 15.0. The molecule has 172 valence electrons. The lowest BCUT2D eigenvalue weighted by Crippen LogP contribution is -2.09. The number of rotatable bonds is 8. The second-order valence-corrected chi connectivity index (χ2v) is 8.61. The number of allylic oxidation sites excluding steroid dienone is 2. The van der Waals surface area contributed by atoms with Crippen LogP contribution in [0, 0.1) is 34.3 Å². The van der Waals surface area contributed by atoms with Gasteiger partial charge in [0.05, 0.1) is 11.1 Å². The van der Waals surface area contributed by atoms with Gasteiger partial charge in [-0.3, -0.25) is 0 Å². The van der Waals surface area contributed by atoms with Gasteiger partial charge in [0.1, 0.15) is 18.0 Å². The Morgan fingerprint density at radius 2 is 1.55 bits per heavy atom. The summed E-state index contributed by atoms with van der Waals surface area (Å²) < 4.78 is 29.7. The first kappa shape index (κ1) is 25.6. The normalized spacial score (nSPS) is 11.7. The van der Waals surface area contributed by atoms with Crippen molar-refractivity contribution in [3.8, 4) is 12.1 Å². The van der Waals surface area contributed by atoms with Gasteiger partial charge in [0.25, 0.3) is 0 Å². The van der Waals surface area contributed by atoms with E-state index in [4.69, 9.17) is 11.5 Å². The fourth-order valence-corrected chi connectivity index (χ4v) is 4.02. The minimum atomic E-state index is -0.699. The van der Waals surface area contributed by atoms with E-state index in [0.29, 0.717) is 52.8 Å². The summed E-state index contributed by atoms with van der Waals surface area (Å²) in [5.74, 6) is -1.62. The van der Waals surface area contributed by atoms with Crippen molar-refractivity contribution in [1.82, 2.24) is 0 Å². The van der Waals surface area contributed by atoms with E-state index in [1.165, 1.54) is 12.1 Å². The van der Waals surface area contributed by atoms with Gasteiger partial charge in [0.2, 0.25) is 0 Å². The topological polar surface area (TPSA) is 99.6 Å². The molecule has 0 radical (unpaired) electrons. The maximum Gasteiger partial charge on any atom is 0.150 e. The molecular weight excluding hydrogens is 418 g/mol. The van der Waals surface area contributed by atoms with Crippen LogP contribution in [0.25, 0.3) is 11.1 Å². The molecule has 2 aromatic rings. The molecule has 0 aliphatic rings. The number of benzene rings is 2. The van der Waals surface area contributed by atoms with Crippen LogP contribution in [0.3, 0.4) is 0 Å². The average Bonchev–Trinajstić information content (AvgIpc) is 2.77. The van der Waals surface area contributed by atoms with Gasteiger partial charge < -0.3 is 11.5 Å². The molecule has 4 nitrogen and oxygen atoms in total. The first-order chi connectivity index (χ1) is 15.5. The van der Waals surface area contributed by atoms with Crippen molar-refractivity contribution in [1.29, 1.82) is 10.5 Å². The summed E-state index contributed by atoms with van der Waals surface area (Å²) in [4.78, 5) is 0. The molecule has 2 aromatic carbocycles. The molecule has 1 atom stereocenters. The maximum absolute atomic E-state index is 15.0. The molecule has 0 fully saturated rings. The Labute approximate surface area is 194 Å². The Morgan fingerprint density at radius 3 is 2.06 bits per heavy atom. The lowest BCUT2D eigenvalue weighted by Gasteiger charge is -2.21. The lowest BCUT2D eigenvalue weighted by molar-refractivity contribution is 0.592. The van der Waals surface area contributed by atoms with E-state index in [1.54, 1.807) is 0 Å². The molecule has 0 spiro atoms. The zero-order valence-electron chi connectivity index (χ0n) is 19.6. The van der Waals surface area contributed by atoms with Crippen LogP contribution in [0.4, 0.5) is 20.2 Å². The Kier molecular flexibility index (Phi) is 8.01. The van der Waals surface area contributed by atoms with Crippen LogP contribution in [0.5, 0.6) is 0 Å². The van der Waals surface area contributed by atoms with Gasteiger partial charge in [-0.15, -0.1) is 0 Å². The van der Waals surface area contributed by atoms with Crippen LogP contribution in [0.1, 0.15) is 92.2 Å². The monoisotopic (exact) mass is 448 g/mol. The third kappa shape index (κ3) is 4.91. The number of nitrogens with two attached hydrogens (primary N) is 2. The van der Waals surface area contributed by atoms with Crippen LogP contribution in [0.2, 0.25) is 0 Å². The Morgan fingerprint density at radius 1 is 0.970 bits per heavy atom. The molecule has 2 rings (SSSR count). The number of nitrogen functional groups attached to an aromatic ring is 2. The second-order valence-electron chi connectivity index (χ2n) is 8.61. The largest absolute Gasteiger partial charge is 0.398 e. The molecule has 4 N–H and O–H groups in total. The highest BCUT2D eigenvalue weighted by atomic mass is 19.1. The molecule has 0 saturated heterocycles. The summed E-state index contributed by atoms with van der Waals surface area (Å²) in [6.07, 6.45) is 1.48. The summed E-state index contributed by atoms with van der Waals surface area (Å²) in [5.41, 5.74) is 15.8. The van der Waals surface area contributed by atoms with E-state index in [-0.39, 0.29) is 34.2 Å². The van der Waals surface area contributed by atoms with Gasteiger partial charge in [-0.05, 0) is 59.9 Å². The van der Waals surface area contributed by atoms with Gasteiger partial charge in [-0.1, -0.05) is 40.9 Å². The van der Waals surface area contributed by atoms with Crippen molar-refractivity contribution >= 4 is 22.5 Å². The summed E-state index contributed by atoms with van der Waals surface area (Å²) in [5, 5.41) is 18.7. The first-order valence-electron chi connectivity index (χ1n) is 10.9. The number of nitriles is 2. The second kappa shape index (κ2) is 10.3. The van der Waals surface area contributed by atoms with E-state index in [9.17, 15) is 14.9 Å². The van der Waals surface area contributed by atoms with Crippen molar-refractivity contribution in [3.63, 3.8) is 0 Å². The third-order valence-corrected chi connectivity index (χ3v) is 6.07.